The van der Waals surface area contributed by atoms with Gasteiger partial charge in [-0.15, -0.1) is 0 Å². The first-order valence-corrected chi connectivity index (χ1v) is 10.5. The molecule has 1 amide bonds. The van der Waals surface area contributed by atoms with E-state index in [9.17, 15) is 4.79 Å². The monoisotopic (exact) mass is 415 g/mol. The van der Waals surface area contributed by atoms with E-state index in [1.807, 2.05) is 18.2 Å². The molecule has 1 N–H and O–H groups in total. The number of anilines is 1. The van der Waals surface area contributed by atoms with Gasteiger partial charge in [0.05, 0.1) is 16.7 Å². The standard InChI is InChI=1S/C24H25N5O2/c1-15-6-8-18(16(2)11-15)19-13-23(28(3)27-19)26-24(30)31-14-17-7-9-21-20(12-17)25-22-5-4-10-29(21)22/h6-9,11-13H,4-5,10,14H2,1-3H3,(H,26,30). The molecule has 7 nitrogen and oxygen atoms in total. The van der Waals surface area contributed by atoms with Gasteiger partial charge in [-0.05, 0) is 43.5 Å². The van der Waals surface area contributed by atoms with Gasteiger partial charge in [0, 0.05) is 31.6 Å². The Hall–Kier alpha value is -3.61. The van der Waals surface area contributed by atoms with Crippen LogP contribution in [0.3, 0.4) is 0 Å². The number of carbonyl (C=O) groups is 1. The molecule has 5 rings (SSSR count). The Kier molecular flexibility index (Phi) is 4.73. The Morgan fingerprint density at radius 2 is 2.03 bits per heavy atom. The smallest absolute Gasteiger partial charge is 0.413 e. The lowest BCUT2D eigenvalue weighted by Crippen LogP contribution is -2.15. The zero-order valence-electron chi connectivity index (χ0n) is 18.0. The second-order valence-electron chi connectivity index (χ2n) is 8.16. The van der Waals surface area contributed by atoms with E-state index in [-0.39, 0.29) is 6.61 Å². The number of aryl methyl sites for hydroxylation is 5. The van der Waals surface area contributed by atoms with Crippen LogP contribution in [0.25, 0.3) is 22.3 Å². The predicted molar refractivity (Wildman–Crippen MR) is 120 cm³/mol. The lowest BCUT2D eigenvalue weighted by Gasteiger charge is -2.07. The third-order valence-corrected chi connectivity index (χ3v) is 5.81. The van der Waals surface area contributed by atoms with E-state index in [0.717, 1.165) is 58.6 Å². The Morgan fingerprint density at radius 3 is 2.87 bits per heavy atom. The summed E-state index contributed by atoms with van der Waals surface area (Å²) in [5.41, 5.74) is 7.23. The lowest BCUT2D eigenvalue weighted by molar-refractivity contribution is 0.155. The van der Waals surface area contributed by atoms with Crippen molar-refractivity contribution in [3.63, 3.8) is 0 Å². The highest BCUT2D eigenvalue weighted by Gasteiger charge is 2.17. The van der Waals surface area contributed by atoms with Gasteiger partial charge in [-0.1, -0.05) is 29.8 Å². The van der Waals surface area contributed by atoms with Crippen LogP contribution >= 0.6 is 0 Å². The van der Waals surface area contributed by atoms with Crippen molar-refractivity contribution in [1.29, 1.82) is 0 Å². The van der Waals surface area contributed by atoms with Crippen molar-refractivity contribution in [2.45, 2.75) is 39.8 Å². The fourth-order valence-electron chi connectivity index (χ4n) is 4.26. The van der Waals surface area contributed by atoms with Crippen molar-refractivity contribution in [3.05, 3.63) is 65.0 Å². The number of ether oxygens (including phenoxy) is 1. The maximum absolute atomic E-state index is 12.4. The van der Waals surface area contributed by atoms with Gasteiger partial charge < -0.3 is 9.30 Å². The van der Waals surface area contributed by atoms with Crippen molar-refractivity contribution >= 4 is 22.9 Å². The molecular formula is C24H25N5O2. The minimum Gasteiger partial charge on any atom is -0.444 e. The second-order valence-corrected chi connectivity index (χ2v) is 8.16. The highest BCUT2D eigenvalue weighted by atomic mass is 16.5. The zero-order chi connectivity index (χ0) is 21.5. The highest BCUT2D eigenvalue weighted by Crippen LogP contribution is 2.26. The van der Waals surface area contributed by atoms with Gasteiger partial charge >= 0.3 is 6.09 Å². The molecule has 0 fully saturated rings. The first-order valence-electron chi connectivity index (χ1n) is 10.5. The highest BCUT2D eigenvalue weighted by molar-refractivity contribution is 5.85. The van der Waals surface area contributed by atoms with E-state index in [1.54, 1.807) is 11.7 Å². The lowest BCUT2D eigenvalue weighted by atomic mass is 10.0. The number of hydrogen-bond acceptors (Lipinski definition) is 4. The van der Waals surface area contributed by atoms with Crippen LogP contribution in [0, 0.1) is 13.8 Å². The SMILES string of the molecule is Cc1ccc(-c2cc(NC(=O)OCc3ccc4c(c3)nc3n4CCC3)n(C)n2)c(C)c1. The first kappa shape index (κ1) is 19.4. The third-order valence-electron chi connectivity index (χ3n) is 5.81. The number of carbonyl (C=O) groups excluding carboxylic acids is 1. The summed E-state index contributed by atoms with van der Waals surface area (Å²) in [6.45, 7) is 5.34. The van der Waals surface area contributed by atoms with Crippen molar-refractivity contribution in [2.24, 2.45) is 7.05 Å². The molecule has 0 aliphatic carbocycles. The zero-order valence-corrected chi connectivity index (χ0v) is 18.0. The largest absolute Gasteiger partial charge is 0.444 e. The maximum Gasteiger partial charge on any atom is 0.413 e. The molecule has 0 bridgehead atoms. The summed E-state index contributed by atoms with van der Waals surface area (Å²) in [4.78, 5) is 17.1. The predicted octanol–water partition coefficient (Wildman–Crippen LogP) is 4.75. The molecule has 7 heteroatoms. The van der Waals surface area contributed by atoms with Crippen molar-refractivity contribution in [2.75, 3.05) is 5.32 Å². The molecule has 0 radical (unpaired) electrons. The normalized spacial score (nSPS) is 12.9. The molecule has 2 aromatic heterocycles. The van der Waals surface area contributed by atoms with Crippen LogP contribution in [0.1, 0.15) is 28.9 Å². The molecule has 4 aromatic rings. The number of nitrogens with zero attached hydrogens (tertiary/aromatic N) is 4. The second kappa shape index (κ2) is 7.58. The van der Waals surface area contributed by atoms with E-state index in [1.165, 1.54) is 5.56 Å². The summed E-state index contributed by atoms with van der Waals surface area (Å²) in [6.07, 6.45) is 1.67. The number of amides is 1. The quantitative estimate of drug-likeness (QED) is 0.522. The number of benzene rings is 2. The Labute approximate surface area is 180 Å². The molecule has 158 valence electrons. The van der Waals surface area contributed by atoms with Crippen LogP contribution in [0.5, 0.6) is 0 Å². The van der Waals surface area contributed by atoms with Crippen LogP contribution < -0.4 is 5.32 Å². The van der Waals surface area contributed by atoms with Crippen molar-refractivity contribution in [1.82, 2.24) is 19.3 Å². The fraction of sp³-hybridized carbons (Fsp3) is 0.292. The molecule has 1 aliphatic heterocycles. The Balaban J connectivity index is 1.26. The van der Waals surface area contributed by atoms with E-state index < -0.39 is 6.09 Å². The molecule has 0 saturated heterocycles. The number of aromatic nitrogens is 4. The van der Waals surface area contributed by atoms with Gasteiger partial charge in [-0.2, -0.15) is 5.10 Å². The minimum absolute atomic E-state index is 0.186. The van der Waals surface area contributed by atoms with Gasteiger partial charge in [-0.25, -0.2) is 9.78 Å². The summed E-state index contributed by atoms with van der Waals surface area (Å²) >= 11 is 0. The van der Waals surface area contributed by atoms with Crippen molar-refractivity contribution in [3.8, 4) is 11.3 Å². The number of hydrogen-bond donors (Lipinski definition) is 1. The number of rotatable bonds is 4. The van der Waals surface area contributed by atoms with Crippen LogP contribution in [-0.4, -0.2) is 25.4 Å². The third kappa shape index (κ3) is 3.67. The van der Waals surface area contributed by atoms with Crippen LogP contribution in [-0.2, 0) is 31.4 Å². The van der Waals surface area contributed by atoms with Gasteiger partial charge in [0.1, 0.15) is 18.2 Å². The summed E-state index contributed by atoms with van der Waals surface area (Å²) in [5.74, 6) is 1.72. The van der Waals surface area contributed by atoms with Crippen LogP contribution in [0.15, 0.2) is 42.5 Å². The van der Waals surface area contributed by atoms with Gasteiger partial charge in [0.25, 0.3) is 0 Å². The van der Waals surface area contributed by atoms with Crippen molar-refractivity contribution < 1.29 is 9.53 Å². The van der Waals surface area contributed by atoms with Gasteiger partial charge in [-0.3, -0.25) is 10.00 Å². The molecule has 0 saturated carbocycles. The van der Waals surface area contributed by atoms with Crippen LogP contribution in [0.4, 0.5) is 10.6 Å². The molecular weight excluding hydrogens is 390 g/mol. The fourth-order valence-corrected chi connectivity index (χ4v) is 4.26. The average Bonchev–Trinajstić information content (AvgIpc) is 3.41. The Bertz CT molecular complexity index is 1300. The van der Waals surface area contributed by atoms with E-state index >= 15 is 0 Å². The molecule has 0 spiro atoms. The molecule has 3 heterocycles. The molecule has 0 unspecified atom stereocenters. The van der Waals surface area contributed by atoms with E-state index in [2.05, 4.69) is 53.1 Å². The number of nitrogens with one attached hydrogen (secondary N) is 1. The minimum atomic E-state index is -0.511. The Morgan fingerprint density at radius 1 is 1.16 bits per heavy atom. The average molecular weight is 415 g/mol. The maximum atomic E-state index is 12.4. The molecule has 1 aliphatic rings. The van der Waals surface area contributed by atoms with Gasteiger partial charge in [0.15, 0.2) is 0 Å². The number of fused-ring (bicyclic) bond motifs is 3. The summed E-state index contributed by atoms with van der Waals surface area (Å²) < 4.78 is 9.36. The number of imidazole rings is 1. The molecule has 2 aromatic carbocycles. The molecule has 31 heavy (non-hydrogen) atoms. The van der Waals surface area contributed by atoms with E-state index in [4.69, 9.17) is 9.72 Å². The van der Waals surface area contributed by atoms with E-state index in [0.29, 0.717) is 5.82 Å². The summed E-state index contributed by atoms with van der Waals surface area (Å²) in [5, 5.41) is 7.33. The summed E-state index contributed by atoms with van der Waals surface area (Å²) in [7, 11) is 1.80. The molecule has 0 atom stereocenters. The van der Waals surface area contributed by atoms with Crippen LogP contribution in [0.2, 0.25) is 0 Å². The van der Waals surface area contributed by atoms with Gasteiger partial charge in [0.2, 0.25) is 0 Å². The first-order chi connectivity index (χ1) is 15.0. The summed E-state index contributed by atoms with van der Waals surface area (Å²) in [6, 6.07) is 14.1. The topological polar surface area (TPSA) is 74.0 Å².